The molecule has 170 valence electrons. The highest BCUT2D eigenvalue weighted by atomic mass is 16.6. The Morgan fingerprint density at radius 1 is 1.03 bits per heavy atom. The van der Waals surface area contributed by atoms with Crippen molar-refractivity contribution in [2.24, 2.45) is 5.92 Å². The Morgan fingerprint density at radius 3 is 2.25 bits per heavy atom. The third-order valence-electron chi connectivity index (χ3n) is 4.66. The van der Waals surface area contributed by atoms with Crippen molar-refractivity contribution in [1.29, 1.82) is 0 Å². The van der Waals surface area contributed by atoms with Gasteiger partial charge in [-0.25, -0.2) is 9.59 Å². The highest BCUT2D eigenvalue weighted by molar-refractivity contribution is 5.89. The van der Waals surface area contributed by atoms with E-state index in [0.717, 1.165) is 5.56 Å². The van der Waals surface area contributed by atoms with Crippen molar-refractivity contribution < 1.29 is 29.2 Å². The summed E-state index contributed by atoms with van der Waals surface area (Å²) in [6, 6.07) is 12.2. The molecule has 0 aromatic heterocycles. The van der Waals surface area contributed by atoms with E-state index in [9.17, 15) is 29.6 Å². The van der Waals surface area contributed by atoms with E-state index < -0.39 is 35.0 Å². The number of nitro groups is 1. The van der Waals surface area contributed by atoms with Gasteiger partial charge in [0.05, 0.1) is 4.92 Å². The second-order valence-corrected chi connectivity index (χ2v) is 7.42. The predicted molar refractivity (Wildman–Crippen MR) is 115 cm³/mol. The Balaban J connectivity index is 2.05. The summed E-state index contributed by atoms with van der Waals surface area (Å²) in [5.41, 5.74) is 0.696. The van der Waals surface area contributed by atoms with Gasteiger partial charge >= 0.3 is 12.1 Å². The Morgan fingerprint density at radius 2 is 1.66 bits per heavy atom. The summed E-state index contributed by atoms with van der Waals surface area (Å²) in [4.78, 5) is 47.2. The lowest BCUT2D eigenvalue weighted by molar-refractivity contribution is -0.385. The number of carbonyl (C=O) groups is 3. The smallest absolute Gasteiger partial charge is 0.408 e. The maximum atomic E-state index is 12.7. The number of hydrogen-bond donors (Lipinski definition) is 3. The minimum absolute atomic E-state index is 0.00847. The SMILES string of the molecule is CC(C)[C@H](NC(=O)OCc1ccccc1)C(=O)N[C@H](Cc1ccccc1[N+](=O)[O-])C(=O)O. The average Bonchev–Trinajstić information content (AvgIpc) is 2.76. The summed E-state index contributed by atoms with van der Waals surface area (Å²) in [7, 11) is 0. The van der Waals surface area contributed by atoms with Crippen LogP contribution in [0.3, 0.4) is 0 Å². The maximum Gasteiger partial charge on any atom is 0.408 e. The van der Waals surface area contributed by atoms with Crippen LogP contribution >= 0.6 is 0 Å². The number of rotatable bonds is 10. The number of nitro benzene ring substituents is 1. The van der Waals surface area contributed by atoms with Crippen LogP contribution in [0.15, 0.2) is 54.6 Å². The first-order chi connectivity index (χ1) is 15.2. The number of ether oxygens (including phenoxy) is 1. The van der Waals surface area contributed by atoms with E-state index in [1.807, 2.05) is 6.07 Å². The molecular weight excluding hydrogens is 418 g/mol. The fourth-order valence-corrected chi connectivity index (χ4v) is 2.97. The van der Waals surface area contributed by atoms with Crippen LogP contribution in [0.4, 0.5) is 10.5 Å². The van der Waals surface area contributed by atoms with E-state index in [2.05, 4.69) is 10.6 Å². The number of nitrogens with one attached hydrogen (secondary N) is 2. The molecule has 0 saturated carbocycles. The molecule has 2 amide bonds. The largest absolute Gasteiger partial charge is 0.480 e. The quantitative estimate of drug-likeness (QED) is 0.378. The second-order valence-electron chi connectivity index (χ2n) is 7.42. The molecule has 0 aliphatic rings. The van der Waals surface area contributed by atoms with Gasteiger partial charge in [0.2, 0.25) is 5.91 Å². The van der Waals surface area contributed by atoms with Crippen LogP contribution in [0.1, 0.15) is 25.0 Å². The van der Waals surface area contributed by atoms with E-state index in [4.69, 9.17) is 4.74 Å². The van der Waals surface area contributed by atoms with Crippen molar-refractivity contribution in [1.82, 2.24) is 10.6 Å². The highest BCUT2D eigenvalue weighted by Gasteiger charge is 2.30. The van der Waals surface area contributed by atoms with Crippen LogP contribution < -0.4 is 10.6 Å². The van der Waals surface area contributed by atoms with Crippen molar-refractivity contribution in [2.45, 2.75) is 39.0 Å². The van der Waals surface area contributed by atoms with Crippen LogP contribution in [0.2, 0.25) is 0 Å². The van der Waals surface area contributed by atoms with Crippen LogP contribution in [-0.4, -0.2) is 40.1 Å². The van der Waals surface area contributed by atoms with Gasteiger partial charge in [0, 0.05) is 18.1 Å². The van der Waals surface area contributed by atoms with Crippen molar-refractivity contribution in [3.8, 4) is 0 Å². The van der Waals surface area contributed by atoms with Crippen LogP contribution in [0.5, 0.6) is 0 Å². The summed E-state index contributed by atoms with van der Waals surface area (Å²) >= 11 is 0. The zero-order valence-corrected chi connectivity index (χ0v) is 17.7. The van der Waals surface area contributed by atoms with Gasteiger partial charge in [-0.3, -0.25) is 14.9 Å². The number of carbonyl (C=O) groups excluding carboxylic acids is 2. The van der Waals surface area contributed by atoms with Crippen LogP contribution in [-0.2, 0) is 27.4 Å². The minimum atomic E-state index is -1.42. The number of alkyl carbamates (subject to hydrolysis) is 1. The zero-order valence-electron chi connectivity index (χ0n) is 17.7. The molecule has 2 rings (SSSR count). The van der Waals surface area contributed by atoms with Gasteiger partial charge in [0.25, 0.3) is 5.69 Å². The Hall–Kier alpha value is -3.95. The second kappa shape index (κ2) is 11.4. The fraction of sp³-hybridized carbons (Fsp3) is 0.318. The lowest BCUT2D eigenvalue weighted by atomic mass is 10.0. The van der Waals surface area contributed by atoms with E-state index in [-0.39, 0.29) is 30.2 Å². The Bertz CT molecular complexity index is 963. The van der Waals surface area contributed by atoms with Crippen LogP contribution in [0, 0.1) is 16.0 Å². The Labute approximate surface area is 184 Å². The predicted octanol–water partition coefficient (Wildman–Crippen LogP) is 2.66. The van der Waals surface area contributed by atoms with Crippen molar-refractivity contribution in [2.75, 3.05) is 0 Å². The van der Waals surface area contributed by atoms with Crippen molar-refractivity contribution in [3.63, 3.8) is 0 Å². The molecule has 0 bridgehead atoms. The highest BCUT2D eigenvalue weighted by Crippen LogP contribution is 2.19. The molecule has 0 heterocycles. The van der Waals surface area contributed by atoms with Gasteiger partial charge in [-0.05, 0) is 11.5 Å². The van der Waals surface area contributed by atoms with Gasteiger partial charge in [-0.15, -0.1) is 0 Å². The lowest BCUT2D eigenvalue weighted by Crippen LogP contribution is -2.54. The molecule has 0 unspecified atom stereocenters. The summed E-state index contributed by atoms with van der Waals surface area (Å²) in [6.07, 6.45) is -1.12. The number of carboxylic acids is 1. The maximum absolute atomic E-state index is 12.7. The van der Waals surface area contributed by atoms with E-state index in [1.165, 1.54) is 18.2 Å². The van der Waals surface area contributed by atoms with Gasteiger partial charge < -0.3 is 20.5 Å². The molecule has 32 heavy (non-hydrogen) atoms. The topological polar surface area (TPSA) is 148 Å². The first-order valence-electron chi connectivity index (χ1n) is 9.91. The first-order valence-corrected chi connectivity index (χ1v) is 9.91. The van der Waals surface area contributed by atoms with Crippen molar-refractivity contribution >= 4 is 23.7 Å². The molecule has 0 fully saturated rings. The number of carboxylic acid groups (broad SMARTS) is 1. The number of hydrogen-bond acceptors (Lipinski definition) is 6. The lowest BCUT2D eigenvalue weighted by Gasteiger charge is -2.23. The summed E-state index contributed by atoms with van der Waals surface area (Å²) in [5, 5.41) is 25.5. The molecule has 0 aliphatic carbocycles. The van der Waals surface area contributed by atoms with Gasteiger partial charge in [0.15, 0.2) is 0 Å². The first kappa shape index (κ1) is 24.3. The standard InChI is InChI=1S/C22H25N3O7/c1-14(2)19(24-22(29)32-13-15-8-4-3-5-9-15)20(26)23-17(21(27)28)12-16-10-6-7-11-18(16)25(30)31/h3-11,14,17,19H,12-13H2,1-2H3,(H,23,26)(H,24,29)(H,27,28)/t17-,19+/m1/s1. The summed E-state index contributed by atoms with van der Waals surface area (Å²) in [6.45, 7) is 3.37. The number of amides is 2. The molecule has 0 radical (unpaired) electrons. The molecule has 0 spiro atoms. The monoisotopic (exact) mass is 443 g/mol. The molecule has 10 heteroatoms. The summed E-state index contributed by atoms with van der Waals surface area (Å²) in [5.74, 6) is -2.46. The molecule has 2 aromatic carbocycles. The molecule has 3 N–H and O–H groups in total. The number of para-hydroxylation sites is 1. The summed E-state index contributed by atoms with van der Waals surface area (Å²) < 4.78 is 5.13. The molecule has 2 aromatic rings. The zero-order chi connectivity index (χ0) is 23.7. The normalized spacial score (nSPS) is 12.5. The van der Waals surface area contributed by atoms with Gasteiger partial charge in [-0.1, -0.05) is 62.4 Å². The molecule has 0 aliphatic heterocycles. The third-order valence-corrected chi connectivity index (χ3v) is 4.66. The number of benzene rings is 2. The number of nitrogens with zero attached hydrogens (tertiary/aromatic N) is 1. The van der Waals surface area contributed by atoms with Crippen molar-refractivity contribution in [3.05, 3.63) is 75.8 Å². The molecule has 2 atom stereocenters. The van der Waals surface area contributed by atoms with E-state index >= 15 is 0 Å². The fourth-order valence-electron chi connectivity index (χ4n) is 2.97. The third kappa shape index (κ3) is 7.08. The number of aliphatic carboxylic acids is 1. The van der Waals surface area contributed by atoms with Gasteiger partial charge in [0.1, 0.15) is 18.7 Å². The van der Waals surface area contributed by atoms with Crippen LogP contribution in [0.25, 0.3) is 0 Å². The average molecular weight is 443 g/mol. The van der Waals surface area contributed by atoms with Gasteiger partial charge in [-0.2, -0.15) is 0 Å². The molecule has 0 saturated heterocycles. The molecule has 10 nitrogen and oxygen atoms in total. The Kier molecular flexibility index (Phi) is 8.70. The molecular formula is C22H25N3O7. The van der Waals surface area contributed by atoms with E-state index in [0.29, 0.717) is 0 Å². The van der Waals surface area contributed by atoms with E-state index in [1.54, 1.807) is 44.2 Å². The minimum Gasteiger partial charge on any atom is -0.480 e.